The molecule has 1 aliphatic heterocycles. The Balaban J connectivity index is 0.000000409. The third-order valence-electron chi connectivity index (χ3n) is 7.66. The molecule has 5 aromatic rings. The maximum absolute atomic E-state index is 3.57. The number of hydrogen-bond acceptors (Lipinski definition) is 1. The molecule has 0 amide bonds. The number of allylic oxidation sites excluding steroid dienone is 4. The van der Waals surface area contributed by atoms with E-state index in [1.54, 1.807) is 0 Å². The number of halogens is 2. The van der Waals surface area contributed by atoms with Gasteiger partial charge in [-0.15, -0.1) is 69.9 Å². The van der Waals surface area contributed by atoms with Gasteiger partial charge in [-0.2, -0.15) is 23.3 Å². The average Bonchev–Trinajstić information content (AvgIpc) is 3.70. The number of fused-ring (bicyclic) bond motifs is 2. The Labute approximate surface area is 311 Å². The molecule has 238 valence electrons. The molecule has 2 radical (unpaired) electrons. The first kappa shape index (κ1) is 41.8. The molecule has 0 bridgehead atoms. The van der Waals surface area contributed by atoms with Crippen LogP contribution in [0.4, 0.5) is 0 Å². The molecule has 0 spiro atoms. The van der Waals surface area contributed by atoms with E-state index in [0.29, 0.717) is 11.2 Å². The van der Waals surface area contributed by atoms with Crippen molar-refractivity contribution in [2.75, 3.05) is 0 Å². The van der Waals surface area contributed by atoms with E-state index in [-0.39, 0.29) is 39.7 Å². The number of hydrogen-bond donors (Lipinski definition) is 0. The van der Waals surface area contributed by atoms with E-state index in [1.165, 1.54) is 89.1 Å². The van der Waals surface area contributed by atoms with Crippen molar-refractivity contribution < 1.29 is 23.3 Å². The molecular weight excluding hydrogens is 715 g/mol. The summed E-state index contributed by atoms with van der Waals surface area (Å²) < 4.78 is 0. The molecule has 5 aromatic carbocycles. The van der Waals surface area contributed by atoms with Gasteiger partial charge in [-0.25, -0.2) is 6.08 Å². The van der Waals surface area contributed by atoms with Gasteiger partial charge in [-0.1, -0.05) is 135 Å². The van der Waals surface area contributed by atoms with E-state index >= 15 is 0 Å². The van der Waals surface area contributed by atoms with Gasteiger partial charge in [0.2, 0.25) is 0 Å². The Morgan fingerprint density at radius 3 is 1.80 bits per heavy atom. The molecule has 0 N–H and O–H groups in total. The first-order valence-corrected chi connectivity index (χ1v) is 19.4. The van der Waals surface area contributed by atoms with Crippen LogP contribution in [0.2, 0.25) is 0 Å². The minimum atomic E-state index is 0. The summed E-state index contributed by atoms with van der Waals surface area (Å²) >= 11 is 3.30. The van der Waals surface area contributed by atoms with Crippen LogP contribution in [0.25, 0.3) is 38.6 Å². The third-order valence-corrected chi connectivity index (χ3v) is 8.81. The van der Waals surface area contributed by atoms with Gasteiger partial charge in [-0.3, -0.25) is 0 Å². The van der Waals surface area contributed by atoms with Gasteiger partial charge >= 0.3 is 30.2 Å². The van der Waals surface area contributed by atoms with Crippen molar-refractivity contribution in [3.05, 3.63) is 169 Å². The zero-order valence-electron chi connectivity index (χ0n) is 27.4. The summed E-state index contributed by atoms with van der Waals surface area (Å²) in [6.07, 6.45) is 5.90. The molecule has 5 heteroatoms. The summed E-state index contributed by atoms with van der Waals surface area (Å²) in [5.41, 5.74) is 12.0. The van der Waals surface area contributed by atoms with Crippen LogP contribution in [0.1, 0.15) is 31.9 Å². The molecule has 0 saturated carbocycles. The Hall–Kier alpha value is -2.26. The van der Waals surface area contributed by atoms with Crippen LogP contribution in [0, 0.1) is 33.8 Å². The van der Waals surface area contributed by atoms with Gasteiger partial charge in [0.1, 0.15) is 0 Å². The van der Waals surface area contributed by atoms with Crippen molar-refractivity contribution in [1.29, 1.82) is 0 Å². The van der Waals surface area contributed by atoms with Crippen LogP contribution in [0.5, 0.6) is 0 Å². The third kappa shape index (κ3) is 9.42. The molecule has 7 rings (SSSR count). The van der Waals surface area contributed by atoms with E-state index in [9.17, 15) is 0 Å². The molecule has 0 aromatic heterocycles. The quantitative estimate of drug-likeness (QED) is 0.130. The van der Waals surface area contributed by atoms with Gasteiger partial charge in [0.05, 0.1) is 0 Å². The Morgan fingerprint density at radius 2 is 1.26 bits per heavy atom. The number of aryl methyl sites for hydroxylation is 1. The Kier molecular flexibility index (Phi) is 17.7. The predicted molar refractivity (Wildman–Crippen MR) is 208 cm³/mol. The van der Waals surface area contributed by atoms with E-state index in [4.69, 9.17) is 0 Å². The molecule has 0 fully saturated rings. The molecule has 1 aliphatic carbocycles. The first-order chi connectivity index (χ1) is 20.5. The fourth-order valence-electron chi connectivity index (χ4n) is 5.65. The van der Waals surface area contributed by atoms with Crippen molar-refractivity contribution in [1.82, 2.24) is 0 Å². The second kappa shape index (κ2) is 19.5. The normalized spacial score (nSPS) is 14.0. The summed E-state index contributed by atoms with van der Waals surface area (Å²) in [5, 5.41) is 3.19. The van der Waals surface area contributed by atoms with Crippen molar-refractivity contribution in [3.8, 4) is 22.3 Å². The number of thioether (sulfide) groups is 1. The van der Waals surface area contributed by atoms with Crippen molar-refractivity contribution >= 4 is 59.8 Å². The van der Waals surface area contributed by atoms with E-state index in [0.717, 1.165) is 0 Å². The fraction of sp³-hybridized carbons (Fsp3) is 0.146. The zero-order chi connectivity index (χ0) is 29.6. The van der Waals surface area contributed by atoms with Gasteiger partial charge in [0.25, 0.3) is 0 Å². The van der Waals surface area contributed by atoms with Crippen LogP contribution in [-0.2, 0) is 23.3 Å². The molecule has 2 aliphatic rings. The van der Waals surface area contributed by atoms with Crippen LogP contribution in [0.3, 0.4) is 0 Å². The average molecular weight is 757 g/mol. The molecule has 0 nitrogen and oxygen atoms in total. The molecule has 1 heterocycles. The van der Waals surface area contributed by atoms with Crippen molar-refractivity contribution in [2.24, 2.45) is 5.92 Å². The summed E-state index contributed by atoms with van der Waals surface area (Å²) in [6, 6.07) is 41.1. The van der Waals surface area contributed by atoms with Gasteiger partial charge < -0.3 is 14.9 Å². The van der Waals surface area contributed by atoms with Gasteiger partial charge in [0, 0.05) is 5.25 Å². The first-order valence-electron chi connectivity index (χ1n) is 14.4. The zero-order valence-corrected chi connectivity index (χ0v) is 33.3. The Bertz CT molecular complexity index is 1770. The topological polar surface area (TPSA) is 0 Å². The second-order valence-corrected chi connectivity index (χ2v) is 12.3. The van der Waals surface area contributed by atoms with Gasteiger partial charge in [0.15, 0.2) is 0 Å². The summed E-state index contributed by atoms with van der Waals surface area (Å²) in [7, 11) is 0. The molecule has 1 atom stereocenters. The summed E-state index contributed by atoms with van der Waals surface area (Å²) in [6.45, 7) is 12.0. The Morgan fingerprint density at radius 1 is 0.739 bits per heavy atom. The van der Waals surface area contributed by atoms with Crippen LogP contribution < -0.4 is 0 Å². The monoisotopic (exact) mass is 754 g/mol. The summed E-state index contributed by atoms with van der Waals surface area (Å²) in [5.74, 6) is 0.559. The van der Waals surface area contributed by atoms with Crippen LogP contribution >= 0.6 is 36.6 Å². The molecule has 1 unspecified atom stereocenters. The molecule has 0 saturated heterocycles. The van der Waals surface area contributed by atoms with Crippen LogP contribution in [0.15, 0.2) is 137 Å². The number of benzene rings is 4. The molecule has 46 heavy (non-hydrogen) atoms. The van der Waals surface area contributed by atoms with E-state index in [1.807, 2.05) is 11.8 Å². The maximum atomic E-state index is 3.57. The van der Waals surface area contributed by atoms with Crippen LogP contribution in [-0.4, -0.2) is 12.1 Å². The molecular formula is C41H42Cl2SSiZr-4. The van der Waals surface area contributed by atoms with E-state index in [2.05, 4.69) is 162 Å². The van der Waals surface area contributed by atoms with Crippen molar-refractivity contribution in [3.63, 3.8) is 0 Å². The SMILES string of the molecule is CC(C)C1=CC2=C(c3ccccc3)C(C)SC2=[C-]1.Cc1cc2c(-c3ccccc3)cc(-c3ccccc3)cc2[cH-]1.Cl.Cl.[CH3-].[CH3-].[Si]=[Zr]. The van der Waals surface area contributed by atoms with Gasteiger partial charge in [-0.05, 0) is 29.5 Å². The summed E-state index contributed by atoms with van der Waals surface area (Å²) in [4.78, 5) is 1.34. The van der Waals surface area contributed by atoms with Crippen molar-refractivity contribution in [2.45, 2.75) is 32.9 Å². The fourth-order valence-corrected chi connectivity index (χ4v) is 6.85. The second-order valence-electron chi connectivity index (χ2n) is 11.0. The predicted octanol–water partition coefficient (Wildman–Crippen LogP) is 12.4. The standard InChI is InChI=1S/C22H17.C17H17S.2CH3.2ClH.Si.Zr/c1-16-12-20-14-19(17-8-4-2-5-9-17)15-22(21(20)13-16)18-10-6-3-7-11-18;1-11(2)14-9-15-16(10-14)18-12(3)17(15)13-7-5-4-6-8-13;;;;;;/h2-15H,1H3;4-9,11-12H,1-3H3;2*1H3;2*1H;;/q4*-1;;;;. The number of rotatable bonds is 4. The van der Waals surface area contributed by atoms with E-state index < -0.39 is 0 Å². The minimum absolute atomic E-state index is 0.